The predicted octanol–water partition coefficient (Wildman–Crippen LogP) is 3.45. The Morgan fingerprint density at radius 3 is 2.60 bits per heavy atom. The molecule has 0 aliphatic carbocycles. The summed E-state index contributed by atoms with van der Waals surface area (Å²) >= 11 is 0. The van der Waals surface area contributed by atoms with Crippen LogP contribution in [0.3, 0.4) is 0 Å². The highest BCUT2D eigenvalue weighted by Gasteiger charge is 2.15. The molecule has 2 aromatic carbocycles. The quantitative estimate of drug-likeness (QED) is 0.720. The molecule has 1 N–H and O–H groups in total. The van der Waals surface area contributed by atoms with Gasteiger partial charge >= 0.3 is 5.63 Å². The molecule has 0 aliphatic rings. The molecular weight excluding hydrogens is 322 g/mol. The molecule has 3 aromatic rings. The van der Waals surface area contributed by atoms with Crippen LogP contribution in [-0.2, 0) is 0 Å². The van der Waals surface area contributed by atoms with E-state index in [1.54, 1.807) is 42.5 Å². The summed E-state index contributed by atoms with van der Waals surface area (Å²) in [5, 5.41) is 3.28. The first-order valence-corrected chi connectivity index (χ1v) is 7.77. The smallest absolute Gasteiger partial charge is 0.349 e. The first-order valence-electron chi connectivity index (χ1n) is 7.77. The minimum atomic E-state index is -0.722. The predicted molar refractivity (Wildman–Crippen MR) is 94.6 cm³/mol. The number of hydrogen-bond acceptors (Lipinski definition) is 5. The van der Waals surface area contributed by atoms with E-state index in [1.165, 1.54) is 13.2 Å². The first kappa shape index (κ1) is 16.6. The average Bonchev–Trinajstić information content (AvgIpc) is 2.62. The Morgan fingerprint density at radius 2 is 1.92 bits per heavy atom. The molecule has 0 fully saturated rings. The highest BCUT2D eigenvalue weighted by atomic mass is 16.5. The van der Waals surface area contributed by atoms with Crippen LogP contribution in [0.1, 0.15) is 17.3 Å². The van der Waals surface area contributed by atoms with E-state index in [1.807, 2.05) is 6.92 Å². The third-order valence-electron chi connectivity index (χ3n) is 3.61. The Hall–Kier alpha value is -3.28. The summed E-state index contributed by atoms with van der Waals surface area (Å²) in [6.45, 7) is 2.46. The zero-order valence-corrected chi connectivity index (χ0v) is 13.9. The van der Waals surface area contributed by atoms with Gasteiger partial charge in [0.15, 0.2) is 11.3 Å². The zero-order chi connectivity index (χ0) is 17.8. The molecule has 128 valence electrons. The number of carbonyl (C=O) groups is 1. The highest BCUT2D eigenvalue weighted by Crippen LogP contribution is 2.24. The summed E-state index contributed by atoms with van der Waals surface area (Å²) in [6.07, 6.45) is 0. The average molecular weight is 339 g/mol. The molecule has 0 saturated carbocycles. The van der Waals surface area contributed by atoms with Gasteiger partial charge in [-0.25, -0.2) is 4.79 Å². The fourth-order valence-electron chi connectivity index (χ4n) is 2.44. The Bertz CT molecular complexity index is 960. The monoisotopic (exact) mass is 339 g/mol. The van der Waals surface area contributed by atoms with E-state index in [0.29, 0.717) is 34.8 Å². The molecule has 0 unspecified atom stereocenters. The van der Waals surface area contributed by atoms with Crippen LogP contribution in [-0.4, -0.2) is 19.6 Å². The van der Waals surface area contributed by atoms with Crippen molar-refractivity contribution >= 4 is 22.6 Å². The lowest BCUT2D eigenvalue weighted by Crippen LogP contribution is -2.20. The van der Waals surface area contributed by atoms with Gasteiger partial charge in [-0.2, -0.15) is 0 Å². The Kier molecular flexibility index (Phi) is 4.70. The van der Waals surface area contributed by atoms with Crippen molar-refractivity contribution in [3.8, 4) is 11.5 Å². The van der Waals surface area contributed by atoms with Crippen LogP contribution in [0.2, 0.25) is 0 Å². The molecule has 25 heavy (non-hydrogen) atoms. The number of para-hydroxylation sites is 1. The van der Waals surface area contributed by atoms with Crippen LogP contribution >= 0.6 is 0 Å². The van der Waals surface area contributed by atoms with Gasteiger partial charge in [-0.1, -0.05) is 12.1 Å². The lowest BCUT2D eigenvalue weighted by Gasteiger charge is -2.08. The SMILES string of the molecule is CCOc1ccc(NC(=O)c2cc3cccc(OC)c3oc2=O)cc1. The van der Waals surface area contributed by atoms with Gasteiger partial charge in [0.25, 0.3) is 5.91 Å². The van der Waals surface area contributed by atoms with Gasteiger partial charge in [0.05, 0.1) is 13.7 Å². The van der Waals surface area contributed by atoms with Crippen molar-refractivity contribution in [2.24, 2.45) is 0 Å². The number of fused-ring (bicyclic) bond motifs is 1. The van der Waals surface area contributed by atoms with Crippen molar-refractivity contribution in [1.82, 2.24) is 0 Å². The Morgan fingerprint density at radius 1 is 1.16 bits per heavy atom. The van der Waals surface area contributed by atoms with Crippen molar-refractivity contribution in [2.75, 3.05) is 19.0 Å². The van der Waals surface area contributed by atoms with E-state index >= 15 is 0 Å². The van der Waals surface area contributed by atoms with Crippen LogP contribution in [0.15, 0.2) is 57.7 Å². The molecule has 1 heterocycles. The van der Waals surface area contributed by atoms with Crippen LogP contribution in [0.25, 0.3) is 11.0 Å². The molecule has 0 spiro atoms. The standard InChI is InChI=1S/C19H17NO5/c1-3-24-14-9-7-13(8-10-14)20-18(21)15-11-12-5-4-6-16(23-2)17(12)25-19(15)22/h4-11H,3H2,1-2H3,(H,20,21). The molecule has 0 atom stereocenters. The topological polar surface area (TPSA) is 77.8 Å². The number of carbonyl (C=O) groups excluding carboxylic acids is 1. The second kappa shape index (κ2) is 7.09. The molecule has 1 amide bonds. The second-order valence-electron chi connectivity index (χ2n) is 5.24. The van der Waals surface area contributed by atoms with Gasteiger partial charge in [0.2, 0.25) is 0 Å². The van der Waals surface area contributed by atoms with Crippen LogP contribution < -0.4 is 20.4 Å². The number of amides is 1. The highest BCUT2D eigenvalue weighted by molar-refractivity contribution is 6.05. The summed E-state index contributed by atoms with van der Waals surface area (Å²) in [7, 11) is 1.49. The largest absolute Gasteiger partial charge is 0.494 e. The van der Waals surface area contributed by atoms with Crippen molar-refractivity contribution in [3.05, 3.63) is 64.5 Å². The van der Waals surface area contributed by atoms with E-state index < -0.39 is 11.5 Å². The van der Waals surface area contributed by atoms with Gasteiger partial charge < -0.3 is 19.2 Å². The van der Waals surface area contributed by atoms with Crippen LogP contribution in [0, 0.1) is 0 Å². The van der Waals surface area contributed by atoms with E-state index in [-0.39, 0.29) is 5.56 Å². The summed E-state index contributed by atoms with van der Waals surface area (Å²) in [5.74, 6) is 0.605. The molecule has 1 aromatic heterocycles. The molecule has 0 bridgehead atoms. The zero-order valence-electron chi connectivity index (χ0n) is 13.9. The third-order valence-corrected chi connectivity index (χ3v) is 3.61. The maximum Gasteiger partial charge on any atom is 0.349 e. The lowest BCUT2D eigenvalue weighted by atomic mass is 10.1. The molecule has 6 heteroatoms. The van der Waals surface area contributed by atoms with Crippen LogP contribution in [0.4, 0.5) is 5.69 Å². The van der Waals surface area contributed by atoms with Crippen LogP contribution in [0.5, 0.6) is 11.5 Å². The van der Waals surface area contributed by atoms with Gasteiger partial charge in [0.1, 0.15) is 11.3 Å². The number of hydrogen-bond donors (Lipinski definition) is 1. The number of benzene rings is 2. The van der Waals surface area contributed by atoms with E-state index in [9.17, 15) is 9.59 Å². The number of nitrogens with one attached hydrogen (secondary N) is 1. The number of rotatable bonds is 5. The fourth-order valence-corrected chi connectivity index (χ4v) is 2.44. The van der Waals surface area contributed by atoms with Crippen molar-refractivity contribution in [1.29, 1.82) is 0 Å². The lowest BCUT2D eigenvalue weighted by molar-refractivity contribution is 0.102. The van der Waals surface area contributed by atoms with E-state index in [4.69, 9.17) is 13.9 Å². The minimum Gasteiger partial charge on any atom is -0.494 e. The maximum atomic E-state index is 12.4. The molecule has 0 saturated heterocycles. The Labute approximate surface area is 144 Å². The van der Waals surface area contributed by atoms with E-state index in [2.05, 4.69) is 5.32 Å². The van der Waals surface area contributed by atoms with Gasteiger partial charge in [-0.3, -0.25) is 4.79 Å². The fraction of sp³-hybridized carbons (Fsp3) is 0.158. The molecular formula is C19H17NO5. The maximum absolute atomic E-state index is 12.4. The first-order chi connectivity index (χ1) is 12.1. The number of methoxy groups -OCH3 is 1. The van der Waals surface area contributed by atoms with Crippen molar-refractivity contribution < 1.29 is 18.7 Å². The summed E-state index contributed by atoms with van der Waals surface area (Å²) < 4.78 is 15.8. The second-order valence-corrected chi connectivity index (χ2v) is 5.24. The number of anilines is 1. The summed E-state index contributed by atoms with van der Waals surface area (Å²) in [4.78, 5) is 24.6. The molecule has 0 radical (unpaired) electrons. The van der Waals surface area contributed by atoms with Gasteiger partial charge in [-0.15, -0.1) is 0 Å². The Balaban J connectivity index is 1.89. The molecule has 3 rings (SSSR count). The van der Waals surface area contributed by atoms with Gasteiger partial charge in [-0.05, 0) is 43.3 Å². The molecule has 6 nitrogen and oxygen atoms in total. The normalized spacial score (nSPS) is 10.5. The van der Waals surface area contributed by atoms with E-state index in [0.717, 1.165) is 0 Å². The van der Waals surface area contributed by atoms with Crippen molar-refractivity contribution in [2.45, 2.75) is 6.92 Å². The minimum absolute atomic E-state index is 0.0744. The summed E-state index contributed by atoms with van der Waals surface area (Å²) in [5.41, 5.74) is 0.0706. The van der Waals surface area contributed by atoms with Crippen molar-refractivity contribution in [3.63, 3.8) is 0 Å². The third kappa shape index (κ3) is 3.47. The van der Waals surface area contributed by atoms with Gasteiger partial charge in [0, 0.05) is 11.1 Å². The summed E-state index contributed by atoms with van der Waals surface area (Å²) in [6, 6.07) is 13.6. The number of ether oxygens (including phenoxy) is 2. The molecule has 0 aliphatic heterocycles.